The first kappa shape index (κ1) is 12.6. The Morgan fingerprint density at radius 2 is 2.33 bits per heavy atom. The Morgan fingerprint density at radius 3 is 2.94 bits per heavy atom. The van der Waals surface area contributed by atoms with Gasteiger partial charge < -0.3 is 10.4 Å². The molecule has 0 fully saturated rings. The maximum atomic E-state index is 11.0. The maximum Gasteiger partial charge on any atom is 0.346 e. The molecule has 6 heteroatoms. The van der Waals surface area contributed by atoms with Crippen molar-refractivity contribution in [2.45, 2.75) is 26.4 Å². The topological polar surface area (TPSA) is 67.2 Å². The van der Waals surface area contributed by atoms with Crippen LogP contribution >= 0.6 is 11.3 Å². The molecule has 96 valence electrons. The zero-order valence-corrected chi connectivity index (χ0v) is 11.1. The second-order valence-corrected chi connectivity index (χ2v) is 5.12. The Kier molecular flexibility index (Phi) is 3.66. The van der Waals surface area contributed by atoms with E-state index in [1.165, 1.54) is 11.3 Å². The molecule has 2 heterocycles. The molecule has 0 aliphatic carbocycles. The van der Waals surface area contributed by atoms with Crippen LogP contribution in [0.1, 0.15) is 35.1 Å². The van der Waals surface area contributed by atoms with Gasteiger partial charge in [-0.05, 0) is 30.9 Å². The van der Waals surface area contributed by atoms with E-state index in [1.54, 1.807) is 5.38 Å². The highest BCUT2D eigenvalue weighted by atomic mass is 32.1. The molecule has 2 rings (SSSR count). The average molecular weight is 265 g/mol. The van der Waals surface area contributed by atoms with Gasteiger partial charge in [-0.3, -0.25) is 4.68 Å². The number of anilines is 1. The van der Waals surface area contributed by atoms with Crippen LogP contribution in [0.15, 0.2) is 23.7 Å². The van der Waals surface area contributed by atoms with Crippen molar-refractivity contribution in [3.63, 3.8) is 0 Å². The molecule has 0 saturated heterocycles. The van der Waals surface area contributed by atoms with Crippen molar-refractivity contribution in [2.75, 3.05) is 5.32 Å². The highest BCUT2D eigenvalue weighted by Crippen LogP contribution is 2.18. The molecular weight excluding hydrogens is 250 g/mol. The van der Waals surface area contributed by atoms with E-state index in [4.69, 9.17) is 5.11 Å². The molecule has 0 radical (unpaired) electrons. The van der Waals surface area contributed by atoms with Crippen LogP contribution in [0.25, 0.3) is 0 Å². The lowest BCUT2D eigenvalue weighted by atomic mass is 10.2. The van der Waals surface area contributed by atoms with Crippen LogP contribution in [0.4, 0.5) is 5.82 Å². The summed E-state index contributed by atoms with van der Waals surface area (Å²) in [6.45, 7) is 4.58. The van der Waals surface area contributed by atoms with Crippen LogP contribution in [0.3, 0.4) is 0 Å². The molecule has 5 nitrogen and oxygen atoms in total. The molecule has 2 aromatic rings. The van der Waals surface area contributed by atoms with Gasteiger partial charge in [-0.2, -0.15) is 5.10 Å². The average Bonchev–Trinajstić information content (AvgIpc) is 2.95. The molecule has 18 heavy (non-hydrogen) atoms. The number of rotatable bonds is 5. The number of nitrogens with zero attached hydrogens (tertiary/aromatic N) is 2. The molecule has 2 aromatic heterocycles. The van der Waals surface area contributed by atoms with Crippen molar-refractivity contribution < 1.29 is 9.90 Å². The summed E-state index contributed by atoms with van der Waals surface area (Å²) in [6.07, 6.45) is 1.90. The van der Waals surface area contributed by atoms with Crippen molar-refractivity contribution in [2.24, 2.45) is 0 Å². The van der Waals surface area contributed by atoms with Crippen LogP contribution in [0, 0.1) is 0 Å². The molecule has 0 amide bonds. The maximum absolute atomic E-state index is 11.0. The molecule has 0 atom stereocenters. The predicted octanol–water partition coefficient (Wildman–Crippen LogP) is 2.84. The van der Waals surface area contributed by atoms with Gasteiger partial charge in [-0.25, -0.2) is 4.79 Å². The summed E-state index contributed by atoms with van der Waals surface area (Å²) in [4.78, 5) is 11.3. The van der Waals surface area contributed by atoms with Gasteiger partial charge in [0.1, 0.15) is 10.7 Å². The molecule has 0 saturated carbocycles. The van der Waals surface area contributed by atoms with Gasteiger partial charge in [0.15, 0.2) is 0 Å². The Balaban J connectivity index is 2.02. The van der Waals surface area contributed by atoms with Gasteiger partial charge in [0.05, 0.1) is 0 Å². The second-order valence-electron chi connectivity index (χ2n) is 4.21. The molecule has 2 N–H and O–H groups in total. The van der Waals surface area contributed by atoms with Crippen molar-refractivity contribution in [3.8, 4) is 0 Å². The standard InChI is InChI=1S/C12H15N3O2S/c1-8(2)15-5-3-10(14-15)13-7-9-4-6-18-11(9)12(16)17/h3-6,8H,7H2,1-2H3,(H,13,14)(H,16,17). The molecule has 0 spiro atoms. The lowest BCUT2D eigenvalue weighted by molar-refractivity contribution is 0.0701. The fourth-order valence-corrected chi connectivity index (χ4v) is 2.33. The lowest BCUT2D eigenvalue weighted by Crippen LogP contribution is -2.06. The number of aromatic carboxylic acids is 1. The second kappa shape index (κ2) is 5.22. The SMILES string of the molecule is CC(C)n1ccc(NCc2ccsc2C(=O)O)n1. The van der Waals surface area contributed by atoms with Gasteiger partial charge in [0.25, 0.3) is 0 Å². The highest BCUT2D eigenvalue weighted by Gasteiger charge is 2.11. The Morgan fingerprint density at radius 1 is 1.56 bits per heavy atom. The molecule has 0 aliphatic heterocycles. The zero-order chi connectivity index (χ0) is 13.1. The highest BCUT2D eigenvalue weighted by molar-refractivity contribution is 7.12. The minimum absolute atomic E-state index is 0.316. The number of carbonyl (C=O) groups is 1. The number of nitrogens with one attached hydrogen (secondary N) is 1. The summed E-state index contributed by atoms with van der Waals surface area (Å²) in [5, 5.41) is 18.3. The van der Waals surface area contributed by atoms with Crippen molar-refractivity contribution in [1.29, 1.82) is 0 Å². The smallest absolute Gasteiger partial charge is 0.346 e. The number of aromatic nitrogens is 2. The first-order valence-electron chi connectivity index (χ1n) is 5.66. The largest absolute Gasteiger partial charge is 0.477 e. The van der Waals surface area contributed by atoms with Gasteiger partial charge in [-0.15, -0.1) is 11.3 Å². The summed E-state index contributed by atoms with van der Waals surface area (Å²) in [7, 11) is 0. The van der Waals surface area contributed by atoms with E-state index in [2.05, 4.69) is 24.3 Å². The molecular formula is C12H15N3O2S. The number of thiophene rings is 1. The van der Waals surface area contributed by atoms with E-state index in [-0.39, 0.29) is 0 Å². The van der Waals surface area contributed by atoms with Crippen molar-refractivity contribution in [1.82, 2.24) is 9.78 Å². The van der Waals surface area contributed by atoms with E-state index in [9.17, 15) is 4.79 Å². The van der Waals surface area contributed by atoms with Crippen molar-refractivity contribution >= 4 is 23.1 Å². The Hall–Kier alpha value is -1.82. The van der Waals surface area contributed by atoms with Gasteiger partial charge in [0.2, 0.25) is 0 Å². The number of hydrogen-bond donors (Lipinski definition) is 2. The van der Waals surface area contributed by atoms with E-state index >= 15 is 0 Å². The van der Waals surface area contributed by atoms with Crippen LogP contribution in [0.5, 0.6) is 0 Å². The molecule has 0 aliphatic rings. The van der Waals surface area contributed by atoms with E-state index in [0.717, 1.165) is 11.4 Å². The van der Waals surface area contributed by atoms with Crippen LogP contribution in [-0.2, 0) is 6.54 Å². The van der Waals surface area contributed by atoms with Gasteiger partial charge >= 0.3 is 5.97 Å². The predicted molar refractivity (Wildman–Crippen MR) is 71.2 cm³/mol. The third-order valence-electron chi connectivity index (χ3n) is 2.54. The van der Waals surface area contributed by atoms with E-state index in [1.807, 2.05) is 23.0 Å². The summed E-state index contributed by atoms with van der Waals surface area (Å²) < 4.78 is 1.86. The summed E-state index contributed by atoms with van der Waals surface area (Å²) in [5.41, 5.74) is 0.784. The third-order valence-corrected chi connectivity index (χ3v) is 3.48. The van der Waals surface area contributed by atoms with Crippen LogP contribution in [-0.4, -0.2) is 20.9 Å². The summed E-state index contributed by atoms with van der Waals surface area (Å²) >= 11 is 1.24. The fraction of sp³-hybridized carbons (Fsp3) is 0.333. The van der Waals surface area contributed by atoms with Gasteiger partial charge in [-0.1, -0.05) is 0 Å². The third kappa shape index (κ3) is 2.70. The lowest BCUT2D eigenvalue weighted by Gasteiger charge is -2.05. The zero-order valence-electron chi connectivity index (χ0n) is 10.3. The van der Waals surface area contributed by atoms with Gasteiger partial charge in [0, 0.05) is 24.8 Å². The molecule has 0 bridgehead atoms. The quantitative estimate of drug-likeness (QED) is 0.872. The number of carboxylic acids is 1. The van der Waals surface area contributed by atoms with E-state index < -0.39 is 5.97 Å². The first-order chi connectivity index (χ1) is 8.58. The van der Waals surface area contributed by atoms with Crippen LogP contribution in [0.2, 0.25) is 0 Å². The summed E-state index contributed by atoms with van der Waals surface area (Å²) in [5.74, 6) is -0.124. The minimum atomic E-state index is -0.880. The Labute approximate surface area is 109 Å². The molecule has 0 aromatic carbocycles. The first-order valence-corrected chi connectivity index (χ1v) is 6.54. The fourth-order valence-electron chi connectivity index (χ4n) is 1.57. The van der Waals surface area contributed by atoms with Crippen molar-refractivity contribution in [3.05, 3.63) is 34.2 Å². The normalized spacial score (nSPS) is 10.8. The number of carboxylic acid groups (broad SMARTS) is 1. The summed E-state index contributed by atoms with van der Waals surface area (Å²) in [6, 6.07) is 4.02. The number of hydrogen-bond acceptors (Lipinski definition) is 4. The Bertz CT molecular complexity index is 545. The molecule has 0 unspecified atom stereocenters. The van der Waals surface area contributed by atoms with E-state index in [0.29, 0.717) is 17.5 Å². The minimum Gasteiger partial charge on any atom is -0.477 e. The van der Waals surface area contributed by atoms with Crippen LogP contribution < -0.4 is 5.32 Å². The monoisotopic (exact) mass is 265 g/mol.